The fraction of sp³-hybridized carbons (Fsp3) is 0.0909. The van der Waals surface area contributed by atoms with Gasteiger partial charge in [0.25, 0.3) is 0 Å². The van der Waals surface area contributed by atoms with Crippen molar-refractivity contribution < 1.29 is 4.39 Å². The molecule has 5 heteroatoms. The highest BCUT2D eigenvalue weighted by Gasteiger charge is 2.08. The quantitative estimate of drug-likeness (QED) is 0.594. The second-order valence-electron chi connectivity index (χ2n) is 3.42. The zero-order valence-electron chi connectivity index (χ0n) is 8.74. The van der Waals surface area contributed by atoms with E-state index in [1.54, 1.807) is 36.0 Å². The van der Waals surface area contributed by atoms with E-state index in [1.807, 2.05) is 0 Å². The van der Waals surface area contributed by atoms with Crippen LogP contribution in [0.25, 0.3) is 5.69 Å². The highest BCUT2D eigenvalue weighted by atomic mass is 19.1. The van der Waals surface area contributed by atoms with Crippen molar-refractivity contribution in [2.24, 2.45) is 5.73 Å². The second-order valence-corrected chi connectivity index (χ2v) is 3.42. The van der Waals surface area contributed by atoms with Crippen LogP contribution >= 0.6 is 0 Å². The molecule has 0 aliphatic heterocycles. The number of aromatic nitrogens is 2. The first-order chi connectivity index (χ1) is 7.59. The zero-order chi connectivity index (χ0) is 11.7. The molecule has 0 radical (unpaired) electrons. The monoisotopic (exact) mass is 218 g/mol. The molecule has 0 bridgehead atoms. The molecule has 0 saturated heterocycles. The highest BCUT2D eigenvalue weighted by Crippen LogP contribution is 2.16. The summed E-state index contributed by atoms with van der Waals surface area (Å²) in [5, 5.41) is 7.21. The molecule has 1 aromatic heterocycles. The number of amidine groups is 1. The molecule has 0 aliphatic rings. The third kappa shape index (κ3) is 1.67. The first-order valence-corrected chi connectivity index (χ1v) is 4.74. The van der Waals surface area contributed by atoms with Crippen LogP contribution in [0.3, 0.4) is 0 Å². The maximum atomic E-state index is 13.8. The Morgan fingerprint density at radius 2 is 2.25 bits per heavy atom. The van der Waals surface area contributed by atoms with Gasteiger partial charge in [-0.1, -0.05) is 0 Å². The molecule has 0 unspecified atom stereocenters. The topological polar surface area (TPSA) is 67.7 Å². The van der Waals surface area contributed by atoms with E-state index in [0.717, 1.165) is 0 Å². The number of nitrogens with two attached hydrogens (primary N) is 1. The van der Waals surface area contributed by atoms with E-state index in [9.17, 15) is 4.39 Å². The Morgan fingerprint density at radius 1 is 1.50 bits per heavy atom. The fourth-order valence-corrected chi connectivity index (χ4v) is 1.50. The van der Waals surface area contributed by atoms with E-state index in [4.69, 9.17) is 11.1 Å². The van der Waals surface area contributed by atoms with Gasteiger partial charge in [0.1, 0.15) is 17.5 Å². The number of nitrogens with one attached hydrogen (secondary N) is 1. The number of hydrogen-bond acceptors (Lipinski definition) is 2. The summed E-state index contributed by atoms with van der Waals surface area (Å²) in [6.45, 7) is 1.79. The first kappa shape index (κ1) is 10.4. The summed E-state index contributed by atoms with van der Waals surface area (Å²) >= 11 is 0. The molecule has 0 spiro atoms. The molecule has 0 saturated carbocycles. The predicted octanol–water partition coefficient (Wildman–Crippen LogP) is 1.60. The van der Waals surface area contributed by atoms with E-state index in [2.05, 4.69) is 4.98 Å². The van der Waals surface area contributed by atoms with Crippen LogP contribution in [0.2, 0.25) is 0 Å². The molecule has 4 nitrogen and oxygen atoms in total. The van der Waals surface area contributed by atoms with Gasteiger partial charge < -0.3 is 10.3 Å². The Labute approximate surface area is 92.0 Å². The van der Waals surface area contributed by atoms with Crippen LogP contribution in [-0.2, 0) is 0 Å². The summed E-state index contributed by atoms with van der Waals surface area (Å²) in [6.07, 6.45) is 3.29. The molecule has 82 valence electrons. The van der Waals surface area contributed by atoms with Gasteiger partial charge in [0.2, 0.25) is 0 Å². The van der Waals surface area contributed by atoms with E-state index < -0.39 is 5.82 Å². The average Bonchev–Trinajstić information content (AvgIpc) is 2.64. The summed E-state index contributed by atoms with van der Waals surface area (Å²) in [5.74, 6) is 0.135. The summed E-state index contributed by atoms with van der Waals surface area (Å²) in [5.41, 5.74) is 6.06. The third-order valence-electron chi connectivity index (χ3n) is 2.34. The van der Waals surface area contributed by atoms with Crippen LogP contribution in [0.1, 0.15) is 11.4 Å². The lowest BCUT2D eigenvalue weighted by Gasteiger charge is -2.07. The van der Waals surface area contributed by atoms with Crippen LogP contribution in [-0.4, -0.2) is 15.4 Å². The Hall–Kier alpha value is -2.17. The van der Waals surface area contributed by atoms with Crippen LogP contribution in [0.15, 0.2) is 30.6 Å². The van der Waals surface area contributed by atoms with Gasteiger partial charge in [-0.2, -0.15) is 0 Å². The summed E-state index contributed by atoms with van der Waals surface area (Å²) in [4.78, 5) is 4.02. The lowest BCUT2D eigenvalue weighted by Crippen LogP contribution is -2.12. The number of rotatable bonds is 2. The number of imidazole rings is 1. The summed E-state index contributed by atoms with van der Waals surface area (Å²) in [7, 11) is 0. The zero-order valence-corrected chi connectivity index (χ0v) is 8.74. The Kier molecular flexibility index (Phi) is 2.44. The van der Waals surface area contributed by atoms with Gasteiger partial charge in [-0.3, -0.25) is 5.41 Å². The molecule has 0 atom stereocenters. The van der Waals surface area contributed by atoms with Gasteiger partial charge in [-0.15, -0.1) is 0 Å². The van der Waals surface area contributed by atoms with Crippen molar-refractivity contribution in [3.8, 4) is 5.69 Å². The Bertz CT molecular complexity index is 545. The molecule has 3 N–H and O–H groups in total. The van der Waals surface area contributed by atoms with E-state index in [0.29, 0.717) is 17.1 Å². The number of halogens is 1. The maximum Gasteiger partial charge on any atom is 0.147 e. The van der Waals surface area contributed by atoms with Crippen molar-refractivity contribution in [2.75, 3.05) is 0 Å². The molecule has 0 aliphatic carbocycles. The number of aryl methyl sites for hydroxylation is 1. The van der Waals surface area contributed by atoms with E-state index in [-0.39, 0.29) is 5.84 Å². The van der Waals surface area contributed by atoms with Crippen molar-refractivity contribution in [2.45, 2.75) is 6.92 Å². The molecular weight excluding hydrogens is 207 g/mol. The number of benzene rings is 1. The van der Waals surface area contributed by atoms with Crippen molar-refractivity contribution in [1.29, 1.82) is 5.41 Å². The van der Waals surface area contributed by atoms with Gasteiger partial charge in [0.05, 0.1) is 5.69 Å². The molecule has 16 heavy (non-hydrogen) atoms. The third-order valence-corrected chi connectivity index (χ3v) is 2.34. The van der Waals surface area contributed by atoms with Crippen molar-refractivity contribution >= 4 is 5.84 Å². The lowest BCUT2D eigenvalue weighted by molar-refractivity contribution is 0.616. The molecule has 0 amide bonds. The highest BCUT2D eigenvalue weighted by molar-refractivity contribution is 5.95. The van der Waals surface area contributed by atoms with Crippen LogP contribution in [0.4, 0.5) is 4.39 Å². The Morgan fingerprint density at radius 3 is 2.75 bits per heavy atom. The van der Waals surface area contributed by atoms with Crippen molar-refractivity contribution in [3.05, 3.63) is 47.8 Å². The smallest absolute Gasteiger partial charge is 0.147 e. The van der Waals surface area contributed by atoms with Crippen LogP contribution in [0, 0.1) is 18.2 Å². The summed E-state index contributed by atoms with van der Waals surface area (Å²) < 4.78 is 15.4. The second kappa shape index (κ2) is 3.77. The normalized spacial score (nSPS) is 10.4. The van der Waals surface area contributed by atoms with Gasteiger partial charge in [0.15, 0.2) is 0 Å². The molecule has 2 rings (SSSR count). The first-order valence-electron chi connectivity index (χ1n) is 4.74. The minimum absolute atomic E-state index is 0.146. The van der Waals surface area contributed by atoms with Gasteiger partial charge >= 0.3 is 0 Å². The molecular formula is C11H11FN4. The molecule has 1 heterocycles. The van der Waals surface area contributed by atoms with Crippen LogP contribution in [0.5, 0.6) is 0 Å². The van der Waals surface area contributed by atoms with Gasteiger partial charge in [-0.05, 0) is 25.1 Å². The van der Waals surface area contributed by atoms with Crippen molar-refractivity contribution in [1.82, 2.24) is 9.55 Å². The number of nitrogen functional groups attached to an aromatic ring is 1. The number of nitrogens with zero attached hydrogens (tertiary/aromatic N) is 2. The standard InChI is InChI=1S/C11H11FN4/c1-7-15-4-5-16(7)10-3-2-8(11(13)14)6-9(10)12/h2-6H,1H3,(H3,13,14). The van der Waals surface area contributed by atoms with Gasteiger partial charge in [-0.25, -0.2) is 9.37 Å². The number of hydrogen-bond donors (Lipinski definition) is 2. The van der Waals surface area contributed by atoms with Gasteiger partial charge in [0, 0.05) is 18.0 Å². The SMILES string of the molecule is Cc1nccn1-c1ccc(C(=N)N)cc1F. The average molecular weight is 218 g/mol. The lowest BCUT2D eigenvalue weighted by atomic mass is 10.2. The van der Waals surface area contributed by atoms with E-state index >= 15 is 0 Å². The predicted molar refractivity (Wildman–Crippen MR) is 59.3 cm³/mol. The molecule has 1 aromatic carbocycles. The maximum absolute atomic E-state index is 13.8. The molecule has 0 fully saturated rings. The van der Waals surface area contributed by atoms with Crippen molar-refractivity contribution in [3.63, 3.8) is 0 Å². The minimum atomic E-state index is -0.422. The molecule has 2 aromatic rings. The largest absolute Gasteiger partial charge is 0.384 e. The minimum Gasteiger partial charge on any atom is -0.384 e. The Balaban J connectivity index is 2.52. The summed E-state index contributed by atoms with van der Waals surface area (Å²) in [6, 6.07) is 4.44. The van der Waals surface area contributed by atoms with E-state index in [1.165, 1.54) is 6.07 Å². The van der Waals surface area contributed by atoms with Crippen LogP contribution < -0.4 is 5.73 Å². The fourth-order valence-electron chi connectivity index (χ4n) is 1.50.